The third kappa shape index (κ3) is 3.06. The van der Waals surface area contributed by atoms with E-state index in [9.17, 15) is 4.79 Å². The molecule has 0 aliphatic carbocycles. The van der Waals surface area contributed by atoms with Gasteiger partial charge in [-0.2, -0.15) is 4.98 Å². The number of thiophene rings is 1. The number of carbonyl (C=O) groups excluding carboxylic acids is 1. The van der Waals surface area contributed by atoms with E-state index in [1.807, 2.05) is 17.9 Å². The molecule has 1 atom stereocenters. The van der Waals surface area contributed by atoms with Crippen LogP contribution in [0.3, 0.4) is 0 Å². The summed E-state index contributed by atoms with van der Waals surface area (Å²) in [4.78, 5) is 20.5. The number of likely N-dealkylation sites (N-methyl/N-ethyl adjacent to an activating group) is 1. The Labute approximate surface area is 134 Å². The summed E-state index contributed by atoms with van der Waals surface area (Å²) in [7, 11) is 0. The molecular formula is C16H21N3O2S. The number of aromatic nitrogens is 2. The van der Waals surface area contributed by atoms with Crippen LogP contribution in [0.25, 0.3) is 10.8 Å². The predicted molar refractivity (Wildman–Crippen MR) is 85.8 cm³/mol. The van der Waals surface area contributed by atoms with Crippen molar-refractivity contribution in [3.05, 3.63) is 22.8 Å². The van der Waals surface area contributed by atoms with Crippen LogP contribution in [0, 0.1) is 5.92 Å². The molecular weight excluding hydrogens is 298 g/mol. The molecule has 0 radical (unpaired) electrons. The zero-order valence-corrected chi connectivity index (χ0v) is 14.0. The van der Waals surface area contributed by atoms with Crippen LogP contribution < -0.4 is 0 Å². The summed E-state index contributed by atoms with van der Waals surface area (Å²) in [5, 5.41) is 4.09. The van der Waals surface area contributed by atoms with Crippen LogP contribution in [0.15, 0.2) is 16.7 Å². The Morgan fingerprint density at radius 1 is 1.45 bits per heavy atom. The molecule has 1 amide bonds. The quantitative estimate of drug-likeness (QED) is 0.848. The van der Waals surface area contributed by atoms with Crippen LogP contribution in [0.4, 0.5) is 0 Å². The highest BCUT2D eigenvalue weighted by Gasteiger charge is 2.32. The molecule has 1 unspecified atom stereocenters. The lowest BCUT2D eigenvalue weighted by atomic mass is 10.1. The summed E-state index contributed by atoms with van der Waals surface area (Å²) in [5.74, 6) is 2.08. The Morgan fingerprint density at radius 3 is 2.95 bits per heavy atom. The first-order valence-electron chi connectivity index (χ1n) is 7.77. The maximum absolute atomic E-state index is 11.8. The van der Waals surface area contributed by atoms with E-state index in [0.29, 0.717) is 30.6 Å². The van der Waals surface area contributed by atoms with Crippen molar-refractivity contribution >= 4 is 17.2 Å². The summed E-state index contributed by atoms with van der Waals surface area (Å²) >= 11 is 1.70. The van der Waals surface area contributed by atoms with Gasteiger partial charge in [-0.15, -0.1) is 11.3 Å². The fraction of sp³-hybridized carbons (Fsp3) is 0.562. The standard InChI is InChI=1S/C16H21N3O2S/c1-4-19-9-11(8-14(19)20)15-17-16(21-18-15)13-6-5-12(22-13)7-10(2)3/h5-6,10-11H,4,7-9H2,1-3H3. The highest BCUT2D eigenvalue weighted by molar-refractivity contribution is 7.15. The SMILES string of the molecule is CCN1CC(c2noc(-c3ccc(CC(C)C)s3)n2)CC1=O. The summed E-state index contributed by atoms with van der Waals surface area (Å²) in [6.07, 6.45) is 1.55. The third-order valence-electron chi connectivity index (χ3n) is 3.88. The van der Waals surface area contributed by atoms with Crippen molar-refractivity contribution in [2.45, 2.75) is 39.5 Å². The highest BCUT2D eigenvalue weighted by Crippen LogP contribution is 2.31. The Morgan fingerprint density at radius 2 is 2.27 bits per heavy atom. The van der Waals surface area contributed by atoms with E-state index in [-0.39, 0.29) is 11.8 Å². The van der Waals surface area contributed by atoms with E-state index < -0.39 is 0 Å². The average Bonchev–Trinajstić information content (AvgIpc) is 3.16. The van der Waals surface area contributed by atoms with Gasteiger partial charge in [0, 0.05) is 30.3 Å². The topological polar surface area (TPSA) is 59.2 Å². The molecule has 3 heterocycles. The van der Waals surface area contributed by atoms with Crippen LogP contribution in [0.5, 0.6) is 0 Å². The smallest absolute Gasteiger partial charge is 0.268 e. The normalized spacial score (nSPS) is 18.6. The zero-order valence-electron chi connectivity index (χ0n) is 13.2. The number of nitrogens with zero attached hydrogens (tertiary/aromatic N) is 3. The van der Waals surface area contributed by atoms with Gasteiger partial charge in [-0.1, -0.05) is 19.0 Å². The summed E-state index contributed by atoms with van der Waals surface area (Å²) < 4.78 is 5.41. The van der Waals surface area contributed by atoms with Crippen LogP contribution in [0.1, 0.15) is 43.8 Å². The summed E-state index contributed by atoms with van der Waals surface area (Å²) in [6, 6.07) is 4.17. The van der Waals surface area contributed by atoms with Gasteiger partial charge in [0.15, 0.2) is 5.82 Å². The van der Waals surface area contributed by atoms with Crippen LogP contribution >= 0.6 is 11.3 Å². The summed E-state index contributed by atoms with van der Waals surface area (Å²) in [6.45, 7) is 7.84. The maximum Gasteiger partial charge on any atom is 0.268 e. The molecule has 3 rings (SSSR count). The third-order valence-corrected chi connectivity index (χ3v) is 4.98. The van der Waals surface area contributed by atoms with Crippen LogP contribution in [-0.4, -0.2) is 34.0 Å². The lowest BCUT2D eigenvalue weighted by Crippen LogP contribution is -2.24. The van der Waals surface area contributed by atoms with Gasteiger partial charge in [0.2, 0.25) is 5.91 Å². The van der Waals surface area contributed by atoms with Gasteiger partial charge < -0.3 is 9.42 Å². The van der Waals surface area contributed by atoms with Crippen molar-refractivity contribution in [2.24, 2.45) is 5.92 Å². The highest BCUT2D eigenvalue weighted by atomic mass is 32.1. The lowest BCUT2D eigenvalue weighted by Gasteiger charge is -2.11. The van der Waals surface area contributed by atoms with Gasteiger partial charge in [0.05, 0.1) is 4.88 Å². The second-order valence-electron chi connectivity index (χ2n) is 6.16. The van der Waals surface area contributed by atoms with Gasteiger partial charge in [0.25, 0.3) is 5.89 Å². The van der Waals surface area contributed by atoms with Crippen molar-refractivity contribution in [3.8, 4) is 10.8 Å². The Kier molecular flexibility index (Phi) is 4.29. The molecule has 0 saturated carbocycles. The average molecular weight is 319 g/mol. The number of carbonyl (C=O) groups is 1. The maximum atomic E-state index is 11.8. The summed E-state index contributed by atoms with van der Waals surface area (Å²) in [5.41, 5.74) is 0. The second-order valence-corrected chi connectivity index (χ2v) is 7.32. The molecule has 0 spiro atoms. The molecule has 6 heteroatoms. The van der Waals surface area contributed by atoms with Gasteiger partial charge >= 0.3 is 0 Å². The number of hydrogen-bond donors (Lipinski definition) is 0. The van der Waals surface area contributed by atoms with Crippen LogP contribution in [0.2, 0.25) is 0 Å². The van der Waals surface area contributed by atoms with E-state index in [0.717, 1.165) is 17.8 Å². The molecule has 2 aromatic heterocycles. The molecule has 0 aromatic carbocycles. The first kappa shape index (κ1) is 15.2. The Bertz CT molecular complexity index is 662. The second kappa shape index (κ2) is 6.20. The van der Waals surface area contributed by atoms with E-state index in [4.69, 9.17) is 4.52 Å². The number of hydrogen-bond acceptors (Lipinski definition) is 5. The molecule has 0 bridgehead atoms. The molecule has 1 saturated heterocycles. The predicted octanol–water partition coefficient (Wildman–Crippen LogP) is 3.33. The minimum atomic E-state index is 0.0556. The molecule has 0 N–H and O–H groups in total. The van der Waals surface area contributed by atoms with Crippen molar-refractivity contribution in [3.63, 3.8) is 0 Å². The van der Waals surface area contributed by atoms with Crippen molar-refractivity contribution in [2.75, 3.05) is 13.1 Å². The molecule has 118 valence electrons. The number of rotatable bonds is 5. The molecule has 1 fully saturated rings. The van der Waals surface area contributed by atoms with Crippen molar-refractivity contribution < 1.29 is 9.32 Å². The lowest BCUT2D eigenvalue weighted by molar-refractivity contribution is -0.127. The minimum Gasteiger partial charge on any atom is -0.342 e. The number of likely N-dealkylation sites (tertiary alicyclic amines) is 1. The van der Waals surface area contributed by atoms with Gasteiger partial charge in [-0.3, -0.25) is 4.79 Å². The first-order valence-corrected chi connectivity index (χ1v) is 8.59. The van der Waals surface area contributed by atoms with E-state index in [2.05, 4.69) is 30.1 Å². The van der Waals surface area contributed by atoms with Crippen LogP contribution in [-0.2, 0) is 11.2 Å². The van der Waals surface area contributed by atoms with E-state index in [1.165, 1.54) is 4.88 Å². The van der Waals surface area contributed by atoms with Gasteiger partial charge in [-0.05, 0) is 31.4 Å². The molecule has 22 heavy (non-hydrogen) atoms. The Balaban J connectivity index is 1.74. The van der Waals surface area contributed by atoms with Crippen molar-refractivity contribution in [1.29, 1.82) is 0 Å². The molecule has 1 aliphatic rings. The van der Waals surface area contributed by atoms with Crippen molar-refractivity contribution in [1.82, 2.24) is 15.0 Å². The minimum absolute atomic E-state index is 0.0556. The van der Waals surface area contributed by atoms with Gasteiger partial charge in [0.1, 0.15) is 0 Å². The molecule has 5 nitrogen and oxygen atoms in total. The van der Waals surface area contributed by atoms with Gasteiger partial charge in [-0.25, -0.2) is 0 Å². The fourth-order valence-electron chi connectivity index (χ4n) is 2.76. The number of amides is 1. The fourth-order valence-corrected chi connectivity index (χ4v) is 3.90. The van der Waals surface area contributed by atoms with E-state index >= 15 is 0 Å². The monoisotopic (exact) mass is 319 g/mol. The molecule has 1 aliphatic heterocycles. The molecule has 2 aromatic rings. The zero-order chi connectivity index (χ0) is 15.7. The Hall–Kier alpha value is -1.69. The van der Waals surface area contributed by atoms with E-state index in [1.54, 1.807) is 11.3 Å². The first-order chi connectivity index (χ1) is 10.6. The largest absolute Gasteiger partial charge is 0.342 e.